The third-order valence-corrected chi connectivity index (χ3v) is 10.2. The van der Waals surface area contributed by atoms with Crippen molar-refractivity contribution in [3.05, 3.63) is 63.8 Å². The van der Waals surface area contributed by atoms with E-state index in [1.807, 2.05) is 30.3 Å². The van der Waals surface area contributed by atoms with Crippen LogP contribution in [0.25, 0.3) is 10.9 Å². The summed E-state index contributed by atoms with van der Waals surface area (Å²) in [6.07, 6.45) is -3.99. The lowest BCUT2D eigenvalue weighted by atomic mass is 9.73. The Kier molecular flexibility index (Phi) is 9.87. The molecule has 0 aliphatic carbocycles. The van der Waals surface area contributed by atoms with Crippen molar-refractivity contribution in [2.45, 2.75) is 63.3 Å². The van der Waals surface area contributed by atoms with Gasteiger partial charge in [0.05, 0.1) is 24.3 Å². The maximum absolute atomic E-state index is 13.8. The molecule has 1 amide bonds. The Morgan fingerprint density at radius 3 is 2.39 bits per heavy atom. The van der Waals surface area contributed by atoms with Crippen molar-refractivity contribution in [3.8, 4) is 0 Å². The molecule has 0 unspecified atom stereocenters. The van der Waals surface area contributed by atoms with Gasteiger partial charge >= 0.3 is 12.3 Å². The number of halogens is 4. The highest BCUT2D eigenvalue weighted by Gasteiger charge is 2.38. The third kappa shape index (κ3) is 7.91. The first-order valence-corrected chi connectivity index (χ1v) is 18.2. The summed E-state index contributed by atoms with van der Waals surface area (Å²) >= 11 is 3.45. The zero-order valence-corrected chi connectivity index (χ0v) is 26.2. The molecular weight excluding hydrogens is 619 g/mol. The molecule has 1 aromatic heterocycles. The summed E-state index contributed by atoms with van der Waals surface area (Å²) in [5.41, 5.74) is 0.902. The van der Waals surface area contributed by atoms with E-state index in [9.17, 15) is 23.1 Å². The Balaban J connectivity index is 1.50. The maximum atomic E-state index is 13.8. The Labute approximate surface area is 247 Å². The number of likely N-dealkylation sites (tertiary alicyclic amines) is 1. The van der Waals surface area contributed by atoms with E-state index < -0.39 is 25.9 Å². The van der Waals surface area contributed by atoms with Crippen LogP contribution in [0.2, 0.25) is 25.7 Å². The Hall–Kier alpha value is -2.41. The lowest BCUT2D eigenvalue weighted by molar-refractivity contribution is -0.137. The first kappa shape index (κ1) is 31.5. The number of rotatable bonds is 11. The number of nitrogens with zero attached hydrogens (tertiary/aromatic N) is 3. The van der Waals surface area contributed by atoms with E-state index in [2.05, 4.69) is 40.7 Å². The average molecular weight is 657 g/mol. The van der Waals surface area contributed by atoms with E-state index in [1.165, 1.54) is 4.90 Å². The average Bonchev–Trinajstić information content (AvgIpc) is 3.24. The fraction of sp³-hybridized carbons (Fsp3) is 0.517. The first-order chi connectivity index (χ1) is 19.3. The normalized spacial score (nSPS) is 15.9. The van der Waals surface area contributed by atoms with Crippen LogP contribution in [0, 0.1) is 0 Å². The van der Waals surface area contributed by atoms with Crippen LogP contribution in [0.3, 0.4) is 0 Å². The molecule has 1 aliphatic heterocycles. The molecule has 0 saturated carbocycles. The summed E-state index contributed by atoms with van der Waals surface area (Å²) in [6.45, 7) is 8.80. The number of benzene rings is 2. The second-order valence-electron chi connectivity index (χ2n) is 11.9. The lowest BCUT2D eigenvalue weighted by Gasteiger charge is -2.41. The summed E-state index contributed by atoms with van der Waals surface area (Å²) < 4.78 is 55.4. The van der Waals surface area contributed by atoms with Gasteiger partial charge in [-0.15, -0.1) is 0 Å². The molecule has 2 aromatic carbocycles. The molecule has 1 fully saturated rings. The summed E-state index contributed by atoms with van der Waals surface area (Å²) in [5.74, 6) is 0. The smallest absolute Gasteiger partial charge is 0.416 e. The molecule has 0 spiro atoms. The van der Waals surface area contributed by atoms with Crippen molar-refractivity contribution in [1.29, 1.82) is 0 Å². The summed E-state index contributed by atoms with van der Waals surface area (Å²) in [7, 11) is -1.28. The van der Waals surface area contributed by atoms with E-state index in [1.54, 1.807) is 4.68 Å². The number of amides is 1. The van der Waals surface area contributed by atoms with Gasteiger partial charge in [0.2, 0.25) is 0 Å². The molecule has 224 valence electrons. The van der Waals surface area contributed by atoms with Crippen molar-refractivity contribution in [2.75, 3.05) is 32.9 Å². The van der Waals surface area contributed by atoms with Gasteiger partial charge in [-0.25, -0.2) is 9.48 Å². The molecule has 1 aliphatic rings. The fourth-order valence-electron chi connectivity index (χ4n) is 5.13. The number of fused-ring (bicyclic) bond motifs is 1. The van der Waals surface area contributed by atoms with Crippen molar-refractivity contribution >= 4 is 41.0 Å². The largest absolute Gasteiger partial charge is 0.465 e. The zero-order chi connectivity index (χ0) is 29.8. The van der Waals surface area contributed by atoms with Crippen LogP contribution < -0.4 is 0 Å². The highest BCUT2D eigenvalue weighted by molar-refractivity contribution is 9.10. The van der Waals surface area contributed by atoms with Gasteiger partial charge in [-0.3, -0.25) is 0 Å². The highest BCUT2D eigenvalue weighted by Crippen LogP contribution is 2.38. The summed E-state index contributed by atoms with van der Waals surface area (Å²) in [5, 5.41) is 14.4. The van der Waals surface area contributed by atoms with Gasteiger partial charge in [-0.1, -0.05) is 50.0 Å². The molecule has 0 atom stereocenters. The number of ether oxygens (including phenoxy) is 2. The van der Waals surface area contributed by atoms with E-state index in [4.69, 9.17) is 9.47 Å². The number of carboxylic acid groups (broad SMARTS) is 1. The van der Waals surface area contributed by atoms with Crippen molar-refractivity contribution < 1.29 is 32.5 Å². The number of alkyl halides is 3. The number of carbonyl (C=O) groups is 1. The highest BCUT2D eigenvalue weighted by atomic mass is 79.9. The molecule has 1 N–H and O–H groups in total. The van der Waals surface area contributed by atoms with Gasteiger partial charge in [0.15, 0.2) is 0 Å². The second kappa shape index (κ2) is 12.8. The van der Waals surface area contributed by atoms with E-state index in [-0.39, 0.29) is 25.2 Å². The molecule has 2 heterocycles. The zero-order valence-electron chi connectivity index (χ0n) is 23.6. The van der Waals surface area contributed by atoms with Gasteiger partial charge in [-0.2, -0.15) is 18.3 Å². The van der Waals surface area contributed by atoms with Gasteiger partial charge in [0.1, 0.15) is 11.3 Å². The predicted molar refractivity (Wildman–Crippen MR) is 158 cm³/mol. The minimum atomic E-state index is -4.51. The minimum Gasteiger partial charge on any atom is -0.465 e. The first-order valence-electron chi connectivity index (χ1n) is 13.7. The molecule has 0 radical (unpaired) electrons. The van der Waals surface area contributed by atoms with Crippen LogP contribution in [0.15, 0.2) is 47.1 Å². The van der Waals surface area contributed by atoms with E-state index in [0.717, 1.165) is 23.7 Å². The predicted octanol–water partition coefficient (Wildman–Crippen LogP) is 7.40. The monoisotopic (exact) mass is 655 g/mol. The SMILES string of the molecule is C[Si](C)(C)CCOCn1nc2c(CCOCC3(c4ccccc4)CCN(C(=O)O)CC3)cc(C(F)(F)F)cc2c1Br. The Morgan fingerprint density at radius 1 is 1.10 bits per heavy atom. The van der Waals surface area contributed by atoms with Gasteiger partial charge in [0.25, 0.3) is 0 Å². The Morgan fingerprint density at radius 2 is 1.78 bits per heavy atom. The van der Waals surface area contributed by atoms with E-state index in [0.29, 0.717) is 60.2 Å². The standard InChI is InChI=1S/C29H37BrF3N3O4Si/c1-41(2,3)16-15-40-20-36-26(30)24-18-23(29(31,32)33)17-21(25(24)34-36)9-14-39-19-28(22-7-5-4-6-8-22)10-12-35(13-11-28)27(37)38/h4-8,17-18H,9-16,19-20H2,1-3H3,(H,37,38). The minimum absolute atomic E-state index is 0.143. The molecular formula is C29H37BrF3N3O4Si. The topological polar surface area (TPSA) is 76.8 Å². The van der Waals surface area contributed by atoms with Gasteiger partial charge in [-0.05, 0) is 64.5 Å². The summed E-state index contributed by atoms with van der Waals surface area (Å²) in [6, 6.07) is 13.1. The lowest BCUT2D eigenvalue weighted by Crippen LogP contribution is -2.47. The van der Waals surface area contributed by atoms with Crippen molar-refractivity contribution in [2.24, 2.45) is 0 Å². The van der Waals surface area contributed by atoms with Gasteiger partial charge in [0, 0.05) is 38.6 Å². The van der Waals surface area contributed by atoms with Crippen LogP contribution in [-0.2, 0) is 34.2 Å². The third-order valence-electron chi connectivity index (χ3n) is 7.67. The molecule has 12 heteroatoms. The van der Waals surface area contributed by atoms with Crippen molar-refractivity contribution in [3.63, 3.8) is 0 Å². The van der Waals surface area contributed by atoms with Crippen LogP contribution in [-0.4, -0.2) is 66.9 Å². The molecule has 41 heavy (non-hydrogen) atoms. The van der Waals surface area contributed by atoms with Crippen LogP contribution >= 0.6 is 15.9 Å². The van der Waals surface area contributed by atoms with Crippen LogP contribution in [0.1, 0.15) is 29.5 Å². The number of hydrogen-bond acceptors (Lipinski definition) is 4. The quantitative estimate of drug-likeness (QED) is 0.172. The van der Waals surface area contributed by atoms with Crippen molar-refractivity contribution in [1.82, 2.24) is 14.7 Å². The Bertz CT molecular complexity index is 1340. The molecule has 1 saturated heterocycles. The molecule has 7 nitrogen and oxygen atoms in total. The van der Waals surface area contributed by atoms with E-state index >= 15 is 0 Å². The number of hydrogen-bond donors (Lipinski definition) is 1. The van der Waals surface area contributed by atoms with Crippen LogP contribution in [0.5, 0.6) is 0 Å². The molecule has 0 bridgehead atoms. The summed E-state index contributed by atoms with van der Waals surface area (Å²) in [4.78, 5) is 12.9. The fourth-order valence-corrected chi connectivity index (χ4v) is 6.37. The van der Waals surface area contributed by atoms with Gasteiger partial charge < -0.3 is 19.5 Å². The number of aromatic nitrogens is 2. The molecule has 4 rings (SSSR count). The van der Waals surface area contributed by atoms with Crippen LogP contribution in [0.4, 0.5) is 18.0 Å². The molecule has 3 aromatic rings. The number of piperidine rings is 1. The second-order valence-corrected chi connectivity index (χ2v) is 18.3. The maximum Gasteiger partial charge on any atom is 0.416 e.